The van der Waals surface area contributed by atoms with Gasteiger partial charge in [-0.05, 0) is 19.1 Å². The predicted molar refractivity (Wildman–Crippen MR) is 67.4 cm³/mol. The van der Waals surface area contributed by atoms with Crippen molar-refractivity contribution in [3.8, 4) is 0 Å². The topological polar surface area (TPSA) is 15.8 Å². The summed E-state index contributed by atoms with van der Waals surface area (Å²) >= 11 is 0. The van der Waals surface area contributed by atoms with E-state index in [-0.39, 0.29) is 0 Å². The van der Waals surface area contributed by atoms with Crippen LogP contribution in [0.2, 0.25) is 0 Å². The quantitative estimate of drug-likeness (QED) is 0.650. The van der Waals surface area contributed by atoms with Crippen LogP contribution in [0.15, 0.2) is 18.2 Å². The molecule has 2 nitrogen and oxygen atoms in total. The number of aromatic nitrogens is 1. The highest BCUT2D eigenvalue weighted by Crippen LogP contribution is 2.29. The number of aryl methyl sites for hydroxylation is 1. The molecular formula is C14H19N2+. The third-order valence-corrected chi connectivity index (χ3v) is 3.70. The molecule has 16 heavy (non-hydrogen) atoms. The van der Waals surface area contributed by atoms with Crippen LogP contribution in [0, 0.1) is 6.92 Å². The minimum absolute atomic E-state index is 1.11. The van der Waals surface area contributed by atoms with Crippen LogP contribution in [0.5, 0.6) is 0 Å². The standard InChI is InChI=1S/C14H19N2/c1-10-4-5-13-11(8-10)12-9-16(2,3)7-6-14(12)15-13/h4-5,8,15H,6-7,9H2,1-3H3/q+1. The van der Waals surface area contributed by atoms with E-state index in [1.54, 1.807) is 0 Å². The molecule has 84 valence electrons. The Bertz CT molecular complexity index is 549. The van der Waals surface area contributed by atoms with Gasteiger partial charge >= 0.3 is 0 Å². The van der Waals surface area contributed by atoms with Crippen LogP contribution in [0.1, 0.15) is 16.8 Å². The second-order valence-corrected chi connectivity index (χ2v) is 5.70. The number of nitrogens with one attached hydrogen (secondary N) is 1. The van der Waals surface area contributed by atoms with Crippen LogP contribution in [0.4, 0.5) is 0 Å². The minimum Gasteiger partial charge on any atom is -0.358 e. The van der Waals surface area contributed by atoms with Crippen molar-refractivity contribution in [2.24, 2.45) is 0 Å². The third-order valence-electron chi connectivity index (χ3n) is 3.70. The number of fused-ring (bicyclic) bond motifs is 3. The van der Waals surface area contributed by atoms with Gasteiger partial charge in [0.1, 0.15) is 6.54 Å². The summed E-state index contributed by atoms with van der Waals surface area (Å²) in [6, 6.07) is 6.71. The average Bonchev–Trinajstić information content (AvgIpc) is 2.55. The Morgan fingerprint density at radius 2 is 2.06 bits per heavy atom. The number of likely N-dealkylation sites (N-methyl/N-ethyl adjacent to an activating group) is 1. The number of rotatable bonds is 0. The molecule has 3 rings (SSSR count). The fourth-order valence-corrected chi connectivity index (χ4v) is 2.73. The van der Waals surface area contributed by atoms with Crippen LogP contribution in [0.25, 0.3) is 10.9 Å². The molecule has 2 heteroatoms. The largest absolute Gasteiger partial charge is 0.358 e. The molecule has 0 amide bonds. The number of hydrogen-bond acceptors (Lipinski definition) is 0. The van der Waals surface area contributed by atoms with Crippen LogP contribution in [-0.2, 0) is 13.0 Å². The summed E-state index contributed by atoms with van der Waals surface area (Å²) in [5.41, 5.74) is 5.65. The Kier molecular flexibility index (Phi) is 1.93. The van der Waals surface area contributed by atoms with Crippen LogP contribution in [0.3, 0.4) is 0 Å². The fraction of sp³-hybridized carbons (Fsp3) is 0.429. The average molecular weight is 215 g/mol. The molecule has 1 aromatic heterocycles. The lowest BCUT2D eigenvalue weighted by Crippen LogP contribution is -2.43. The monoisotopic (exact) mass is 215 g/mol. The van der Waals surface area contributed by atoms with Gasteiger partial charge in [-0.25, -0.2) is 0 Å². The molecule has 0 aliphatic carbocycles. The van der Waals surface area contributed by atoms with E-state index in [4.69, 9.17) is 0 Å². The van der Waals surface area contributed by atoms with Gasteiger partial charge in [-0.3, -0.25) is 0 Å². The van der Waals surface area contributed by atoms with E-state index >= 15 is 0 Å². The first-order valence-corrected chi connectivity index (χ1v) is 5.97. The predicted octanol–water partition coefficient (Wildman–Crippen LogP) is 2.61. The molecular weight excluding hydrogens is 196 g/mol. The Morgan fingerprint density at radius 1 is 1.25 bits per heavy atom. The maximum absolute atomic E-state index is 3.57. The lowest BCUT2D eigenvalue weighted by molar-refractivity contribution is -0.905. The maximum atomic E-state index is 3.57. The molecule has 1 aliphatic rings. The van der Waals surface area contributed by atoms with Gasteiger partial charge < -0.3 is 9.47 Å². The van der Waals surface area contributed by atoms with Crippen molar-refractivity contribution in [2.75, 3.05) is 20.6 Å². The van der Waals surface area contributed by atoms with Gasteiger partial charge in [-0.15, -0.1) is 0 Å². The van der Waals surface area contributed by atoms with E-state index in [0.717, 1.165) is 11.0 Å². The van der Waals surface area contributed by atoms with E-state index in [1.807, 2.05) is 0 Å². The first kappa shape index (κ1) is 9.91. The summed E-state index contributed by atoms with van der Waals surface area (Å²) < 4.78 is 1.11. The summed E-state index contributed by atoms with van der Waals surface area (Å²) in [7, 11) is 4.63. The van der Waals surface area contributed by atoms with Gasteiger partial charge in [-0.2, -0.15) is 0 Å². The number of hydrogen-bond donors (Lipinski definition) is 1. The lowest BCUT2D eigenvalue weighted by atomic mass is 10.0. The van der Waals surface area contributed by atoms with Crippen LogP contribution >= 0.6 is 0 Å². The van der Waals surface area contributed by atoms with Gasteiger partial charge in [0.05, 0.1) is 20.6 Å². The zero-order valence-electron chi connectivity index (χ0n) is 10.3. The highest BCUT2D eigenvalue weighted by Gasteiger charge is 2.27. The third kappa shape index (κ3) is 1.45. The number of nitrogens with zero attached hydrogens (tertiary/aromatic N) is 1. The molecule has 2 heterocycles. The second kappa shape index (κ2) is 3.11. The SMILES string of the molecule is Cc1ccc2[nH]c3c(c2c1)C[N+](C)(C)CC3. The normalized spacial score (nSPS) is 18.7. The molecule has 0 atom stereocenters. The van der Waals surface area contributed by atoms with Crippen molar-refractivity contribution in [1.82, 2.24) is 4.98 Å². The number of aromatic amines is 1. The van der Waals surface area contributed by atoms with E-state index in [1.165, 1.54) is 40.7 Å². The smallest absolute Gasteiger partial charge is 0.106 e. The first-order chi connectivity index (χ1) is 7.55. The molecule has 0 saturated carbocycles. The highest BCUT2D eigenvalue weighted by molar-refractivity contribution is 5.85. The van der Waals surface area contributed by atoms with Crippen molar-refractivity contribution in [3.63, 3.8) is 0 Å². The Hall–Kier alpha value is -1.28. The molecule has 0 bridgehead atoms. The fourth-order valence-electron chi connectivity index (χ4n) is 2.73. The minimum atomic E-state index is 1.11. The second-order valence-electron chi connectivity index (χ2n) is 5.70. The van der Waals surface area contributed by atoms with Gasteiger partial charge in [0.2, 0.25) is 0 Å². The molecule has 0 saturated heterocycles. The number of quaternary nitrogens is 1. The molecule has 0 spiro atoms. The van der Waals surface area contributed by atoms with E-state index in [2.05, 4.69) is 44.2 Å². The van der Waals surface area contributed by atoms with Gasteiger partial charge in [0, 0.05) is 28.6 Å². The molecule has 1 aliphatic heterocycles. The lowest BCUT2D eigenvalue weighted by Gasteiger charge is -2.33. The maximum Gasteiger partial charge on any atom is 0.106 e. The van der Waals surface area contributed by atoms with Gasteiger partial charge in [0.25, 0.3) is 0 Å². The zero-order valence-corrected chi connectivity index (χ0v) is 10.3. The van der Waals surface area contributed by atoms with Crippen LogP contribution < -0.4 is 0 Å². The summed E-state index contributed by atoms with van der Waals surface area (Å²) in [5, 5.41) is 1.43. The van der Waals surface area contributed by atoms with Gasteiger partial charge in [-0.1, -0.05) is 11.6 Å². The van der Waals surface area contributed by atoms with Crippen LogP contribution in [-0.4, -0.2) is 30.1 Å². The highest BCUT2D eigenvalue weighted by atomic mass is 15.3. The first-order valence-electron chi connectivity index (χ1n) is 5.97. The Morgan fingerprint density at radius 3 is 2.88 bits per heavy atom. The summed E-state index contributed by atoms with van der Waals surface area (Å²) in [6.07, 6.45) is 1.18. The molecule has 0 fully saturated rings. The van der Waals surface area contributed by atoms with Crippen molar-refractivity contribution >= 4 is 10.9 Å². The molecule has 1 N–H and O–H groups in total. The molecule has 2 aromatic rings. The van der Waals surface area contributed by atoms with Crippen molar-refractivity contribution in [2.45, 2.75) is 19.9 Å². The summed E-state index contributed by atoms with van der Waals surface area (Å²) in [6.45, 7) is 4.55. The van der Waals surface area contributed by atoms with E-state index in [0.29, 0.717) is 0 Å². The zero-order chi connectivity index (χ0) is 11.3. The van der Waals surface area contributed by atoms with Crippen molar-refractivity contribution in [3.05, 3.63) is 35.0 Å². The summed E-state index contributed by atoms with van der Waals surface area (Å²) in [4.78, 5) is 3.57. The Labute approximate surface area is 96.5 Å². The summed E-state index contributed by atoms with van der Waals surface area (Å²) in [5.74, 6) is 0. The number of H-pyrrole nitrogens is 1. The molecule has 0 radical (unpaired) electrons. The number of benzene rings is 1. The van der Waals surface area contributed by atoms with Gasteiger partial charge in [0.15, 0.2) is 0 Å². The van der Waals surface area contributed by atoms with E-state index in [9.17, 15) is 0 Å². The molecule has 1 aromatic carbocycles. The Balaban J connectivity index is 2.23. The van der Waals surface area contributed by atoms with E-state index < -0.39 is 0 Å². The van der Waals surface area contributed by atoms with Crippen molar-refractivity contribution < 1.29 is 4.48 Å². The molecule has 0 unspecified atom stereocenters. The van der Waals surface area contributed by atoms with Crippen molar-refractivity contribution in [1.29, 1.82) is 0 Å².